The van der Waals surface area contributed by atoms with Crippen molar-refractivity contribution in [3.8, 4) is 11.3 Å². The zero-order valence-electron chi connectivity index (χ0n) is 12.5. The quantitative estimate of drug-likeness (QED) is 0.667. The highest BCUT2D eigenvalue weighted by atomic mass is 79.9. The molecule has 128 valence electrons. The summed E-state index contributed by atoms with van der Waals surface area (Å²) in [6.07, 6.45) is 3.32. The molecule has 0 atom stereocenters. The van der Waals surface area contributed by atoms with Crippen LogP contribution < -0.4 is 11.1 Å². The van der Waals surface area contributed by atoms with Crippen LogP contribution in [0.25, 0.3) is 11.3 Å². The number of aromatic nitrogens is 1. The molecular formula is C15H20BrCl2N3O2. The van der Waals surface area contributed by atoms with E-state index in [0.717, 1.165) is 16.5 Å². The van der Waals surface area contributed by atoms with Gasteiger partial charge in [-0.05, 0) is 19.0 Å². The Labute approximate surface area is 156 Å². The number of nitrogens with one attached hydrogen (secondary N) is 1. The van der Waals surface area contributed by atoms with Gasteiger partial charge in [-0.25, -0.2) is 4.98 Å². The number of nitrogens with zero attached hydrogens (tertiary/aromatic N) is 1. The number of halogens is 3. The molecule has 0 aliphatic heterocycles. The number of aryl methyl sites for hydroxylation is 1. The van der Waals surface area contributed by atoms with Crippen molar-refractivity contribution in [1.82, 2.24) is 10.3 Å². The second-order valence-electron chi connectivity index (χ2n) is 4.59. The minimum Gasteiger partial charge on any atom is -0.441 e. The molecule has 2 aromatic rings. The topological polar surface area (TPSA) is 81.1 Å². The predicted octanol–water partition coefficient (Wildman–Crippen LogP) is 3.35. The van der Waals surface area contributed by atoms with Crippen molar-refractivity contribution in [2.24, 2.45) is 5.73 Å². The first-order valence-corrected chi connectivity index (χ1v) is 7.66. The van der Waals surface area contributed by atoms with E-state index < -0.39 is 0 Å². The lowest BCUT2D eigenvalue weighted by Crippen LogP contribution is -2.26. The standard InChI is InChI=1S/C15H18BrN3O2.2ClH/c16-12-5-2-1-4-11(12)13-10-19-15(21-13)7-6-14(20)18-9-3-8-17;;/h1-2,4-5,10H,3,6-9,17H2,(H,18,20);2*1H. The van der Waals surface area contributed by atoms with Gasteiger partial charge in [0.1, 0.15) is 0 Å². The van der Waals surface area contributed by atoms with Gasteiger partial charge in [0, 0.05) is 29.4 Å². The zero-order chi connectivity index (χ0) is 15.1. The van der Waals surface area contributed by atoms with Crippen LogP contribution in [0, 0.1) is 0 Å². The molecule has 0 aliphatic rings. The zero-order valence-corrected chi connectivity index (χ0v) is 15.7. The SMILES string of the molecule is Cl.Cl.NCCCNC(=O)CCc1ncc(-c2ccccc2Br)o1. The molecule has 5 nitrogen and oxygen atoms in total. The molecule has 2 rings (SSSR count). The maximum Gasteiger partial charge on any atom is 0.220 e. The van der Waals surface area contributed by atoms with E-state index in [2.05, 4.69) is 26.2 Å². The number of carbonyl (C=O) groups is 1. The first-order chi connectivity index (χ1) is 10.2. The minimum absolute atomic E-state index is 0. The summed E-state index contributed by atoms with van der Waals surface area (Å²) in [7, 11) is 0. The summed E-state index contributed by atoms with van der Waals surface area (Å²) >= 11 is 3.48. The van der Waals surface area contributed by atoms with Gasteiger partial charge in [-0.1, -0.05) is 34.1 Å². The molecular weight excluding hydrogens is 405 g/mol. The van der Waals surface area contributed by atoms with Crippen LogP contribution in [0.5, 0.6) is 0 Å². The molecule has 8 heteroatoms. The summed E-state index contributed by atoms with van der Waals surface area (Å²) < 4.78 is 6.64. The van der Waals surface area contributed by atoms with Crippen LogP contribution >= 0.6 is 40.7 Å². The maximum atomic E-state index is 11.6. The van der Waals surface area contributed by atoms with E-state index in [0.29, 0.717) is 37.6 Å². The molecule has 1 aromatic carbocycles. The Hall–Kier alpha value is -1.08. The molecule has 0 spiro atoms. The fourth-order valence-electron chi connectivity index (χ4n) is 1.85. The van der Waals surface area contributed by atoms with E-state index in [1.54, 1.807) is 6.20 Å². The summed E-state index contributed by atoms with van der Waals surface area (Å²) in [6, 6.07) is 7.78. The van der Waals surface area contributed by atoms with Crippen LogP contribution in [0.1, 0.15) is 18.7 Å². The monoisotopic (exact) mass is 423 g/mol. The van der Waals surface area contributed by atoms with Crippen molar-refractivity contribution in [2.45, 2.75) is 19.3 Å². The van der Waals surface area contributed by atoms with Crippen LogP contribution in [-0.4, -0.2) is 24.0 Å². The second kappa shape index (κ2) is 11.5. The van der Waals surface area contributed by atoms with Gasteiger partial charge >= 0.3 is 0 Å². The summed E-state index contributed by atoms with van der Waals surface area (Å²) in [6.45, 7) is 1.19. The largest absolute Gasteiger partial charge is 0.441 e. The summed E-state index contributed by atoms with van der Waals surface area (Å²) in [4.78, 5) is 15.8. The molecule has 1 aromatic heterocycles. The van der Waals surface area contributed by atoms with Crippen LogP contribution in [0.15, 0.2) is 39.4 Å². The molecule has 23 heavy (non-hydrogen) atoms. The maximum absolute atomic E-state index is 11.6. The van der Waals surface area contributed by atoms with Crippen molar-refractivity contribution in [3.63, 3.8) is 0 Å². The van der Waals surface area contributed by atoms with Gasteiger partial charge in [0.2, 0.25) is 5.91 Å². The van der Waals surface area contributed by atoms with Crippen LogP contribution in [0.2, 0.25) is 0 Å². The highest BCUT2D eigenvalue weighted by Gasteiger charge is 2.10. The smallest absolute Gasteiger partial charge is 0.220 e. The number of hydrogen-bond donors (Lipinski definition) is 2. The van der Waals surface area contributed by atoms with E-state index in [9.17, 15) is 4.79 Å². The normalized spacial score (nSPS) is 9.65. The van der Waals surface area contributed by atoms with E-state index in [4.69, 9.17) is 10.2 Å². The van der Waals surface area contributed by atoms with E-state index in [-0.39, 0.29) is 30.7 Å². The predicted molar refractivity (Wildman–Crippen MR) is 99.1 cm³/mol. The molecule has 1 amide bonds. The van der Waals surface area contributed by atoms with Crippen LogP contribution in [0.4, 0.5) is 0 Å². The Morgan fingerprint density at radius 1 is 1.30 bits per heavy atom. The van der Waals surface area contributed by atoms with Gasteiger partial charge in [-0.2, -0.15) is 0 Å². The Bertz CT molecular complexity index is 608. The molecule has 0 radical (unpaired) electrons. The minimum atomic E-state index is -0.0101. The van der Waals surface area contributed by atoms with Crippen molar-refractivity contribution in [3.05, 3.63) is 40.8 Å². The third kappa shape index (κ3) is 6.91. The summed E-state index contributed by atoms with van der Waals surface area (Å²) in [5, 5.41) is 2.81. The van der Waals surface area contributed by atoms with Crippen molar-refractivity contribution in [2.75, 3.05) is 13.1 Å². The summed E-state index contributed by atoms with van der Waals surface area (Å²) in [5.74, 6) is 1.25. The van der Waals surface area contributed by atoms with Gasteiger partial charge in [0.25, 0.3) is 0 Å². The van der Waals surface area contributed by atoms with E-state index in [1.807, 2.05) is 24.3 Å². The molecule has 0 bridgehead atoms. The Morgan fingerprint density at radius 2 is 2.04 bits per heavy atom. The number of benzene rings is 1. The first-order valence-electron chi connectivity index (χ1n) is 6.87. The number of hydrogen-bond acceptors (Lipinski definition) is 4. The van der Waals surface area contributed by atoms with Gasteiger partial charge in [-0.3, -0.25) is 4.79 Å². The first kappa shape index (κ1) is 21.9. The van der Waals surface area contributed by atoms with Gasteiger partial charge in [-0.15, -0.1) is 24.8 Å². The average Bonchev–Trinajstić information content (AvgIpc) is 2.94. The lowest BCUT2D eigenvalue weighted by molar-refractivity contribution is -0.121. The van der Waals surface area contributed by atoms with Gasteiger partial charge in [0.05, 0.1) is 6.20 Å². The van der Waals surface area contributed by atoms with Gasteiger partial charge < -0.3 is 15.5 Å². The third-order valence-electron chi connectivity index (χ3n) is 2.96. The molecule has 0 unspecified atom stereocenters. The third-order valence-corrected chi connectivity index (χ3v) is 3.65. The molecule has 0 fully saturated rings. The van der Waals surface area contributed by atoms with Crippen LogP contribution in [0.3, 0.4) is 0 Å². The lowest BCUT2D eigenvalue weighted by Gasteiger charge is -2.02. The Morgan fingerprint density at radius 3 is 2.74 bits per heavy atom. The van der Waals surface area contributed by atoms with Crippen molar-refractivity contribution in [1.29, 1.82) is 0 Å². The molecule has 1 heterocycles. The van der Waals surface area contributed by atoms with E-state index >= 15 is 0 Å². The molecule has 0 saturated heterocycles. The summed E-state index contributed by atoms with van der Waals surface area (Å²) in [5.41, 5.74) is 6.32. The van der Waals surface area contributed by atoms with Gasteiger partial charge in [0.15, 0.2) is 11.7 Å². The highest BCUT2D eigenvalue weighted by Crippen LogP contribution is 2.28. The average molecular weight is 425 g/mol. The number of carbonyl (C=O) groups excluding carboxylic acids is 1. The molecule has 0 saturated carbocycles. The number of amides is 1. The van der Waals surface area contributed by atoms with Crippen LogP contribution in [-0.2, 0) is 11.2 Å². The highest BCUT2D eigenvalue weighted by molar-refractivity contribution is 9.10. The second-order valence-corrected chi connectivity index (χ2v) is 5.44. The Balaban J connectivity index is 0.00000242. The molecule has 3 N–H and O–H groups in total. The number of oxazole rings is 1. The number of nitrogens with two attached hydrogens (primary N) is 1. The fourth-order valence-corrected chi connectivity index (χ4v) is 2.33. The van der Waals surface area contributed by atoms with Crippen molar-refractivity contribution < 1.29 is 9.21 Å². The number of rotatable bonds is 7. The van der Waals surface area contributed by atoms with Crippen molar-refractivity contribution >= 4 is 46.7 Å². The lowest BCUT2D eigenvalue weighted by atomic mass is 10.2. The Kier molecular flexibility index (Phi) is 10.9. The van der Waals surface area contributed by atoms with E-state index in [1.165, 1.54) is 0 Å². The fraction of sp³-hybridized carbons (Fsp3) is 0.333. The molecule has 0 aliphatic carbocycles.